The standard InChI is InChI=1S/C11H7N3O3/c15-11(16)9-4-10(17-14-9)6-1-2-7-8(3-6)13-5-12-7/h1-5H,(H,12,13)(H,15,16). The Morgan fingerprint density at radius 2 is 2.24 bits per heavy atom. The summed E-state index contributed by atoms with van der Waals surface area (Å²) < 4.78 is 4.97. The van der Waals surface area contributed by atoms with Crippen molar-refractivity contribution in [3.05, 3.63) is 36.3 Å². The van der Waals surface area contributed by atoms with Gasteiger partial charge in [0, 0.05) is 11.6 Å². The van der Waals surface area contributed by atoms with Crippen LogP contribution in [-0.2, 0) is 0 Å². The van der Waals surface area contributed by atoms with E-state index in [4.69, 9.17) is 9.63 Å². The van der Waals surface area contributed by atoms with E-state index in [1.165, 1.54) is 6.07 Å². The van der Waals surface area contributed by atoms with Gasteiger partial charge in [-0.05, 0) is 18.2 Å². The van der Waals surface area contributed by atoms with Crippen LogP contribution >= 0.6 is 0 Å². The molecule has 17 heavy (non-hydrogen) atoms. The van der Waals surface area contributed by atoms with Gasteiger partial charge in [-0.2, -0.15) is 0 Å². The minimum absolute atomic E-state index is 0.107. The predicted octanol–water partition coefficient (Wildman–Crippen LogP) is 1.92. The second kappa shape index (κ2) is 3.44. The van der Waals surface area contributed by atoms with E-state index in [-0.39, 0.29) is 5.69 Å². The highest BCUT2D eigenvalue weighted by Gasteiger charge is 2.12. The average Bonchev–Trinajstić information content (AvgIpc) is 2.97. The van der Waals surface area contributed by atoms with Crippen molar-refractivity contribution in [2.75, 3.05) is 0 Å². The molecule has 0 fully saturated rings. The number of fused-ring (bicyclic) bond motifs is 1. The molecule has 0 amide bonds. The third kappa shape index (κ3) is 1.55. The van der Waals surface area contributed by atoms with Crippen molar-refractivity contribution in [3.63, 3.8) is 0 Å². The summed E-state index contributed by atoms with van der Waals surface area (Å²) in [6.07, 6.45) is 1.59. The lowest BCUT2D eigenvalue weighted by Crippen LogP contribution is -1.94. The predicted molar refractivity (Wildman–Crippen MR) is 58.6 cm³/mol. The average molecular weight is 229 g/mol. The number of rotatable bonds is 2. The van der Waals surface area contributed by atoms with E-state index >= 15 is 0 Å². The molecule has 3 aromatic rings. The molecule has 84 valence electrons. The van der Waals surface area contributed by atoms with Crippen molar-refractivity contribution >= 4 is 17.0 Å². The zero-order valence-electron chi connectivity index (χ0n) is 8.54. The van der Waals surface area contributed by atoms with Crippen LogP contribution < -0.4 is 0 Å². The van der Waals surface area contributed by atoms with E-state index in [0.717, 1.165) is 16.6 Å². The highest BCUT2D eigenvalue weighted by molar-refractivity contribution is 5.87. The molecule has 0 unspecified atom stereocenters. The molecule has 6 heteroatoms. The van der Waals surface area contributed by atoms with Crippen LogP contribution in [-0.4, -0.2) is 26.2 Å². The molecule has 0 spiro atoms. The van der Waals surface area contributed by atoms with Crippen molar-refractivity contribution in [1.29, 1.82) is 0 Å². The smallest absolute Gasteiger partial charge is 0.358 e. The number of carboxylic acids is 1. The van der Waals surface area contributed by atoms with E-state index in [0.29, 0.717) is 5.76 Å². The zero-order chi connectivity index (χ0) is 11.8. The van der Waals surface area contributed by atoms with Gasteiger partial charge in [-0.3, -0.25) is 0 Å². The van der Waals surface area contributed by atoms with Gasteiger partial charge in [-0.15, -0.1) is 0 Å². The molecular weight excluding hydrogens is 222 g/mol. The third-order valence-electron chi connectivity index (χ3n) is 2.43. The number of carboxylic acid groups (broad SMARTS) is 1. The summed E-state index contributed by atoms with van der Waals surface area (Å²) in [6, 6.07) is 6.84. The summed E-state index contributed by atoms with van der Waals surface area (Å²) in [4.78, 5) is 17.7. The van der Waals surface area contributed by atoms with Gasteiger partial charge in [0.05, 0.1) is 17.4 Å². The summed E-state index contributed by atoms with van der Waals surface area (Å²) in [7, 11) is 0. The zero-order valence-corrected chi connectivity index (χ0v) is 8.54. The maximum atomic E-state index is 10.7. The Kier molecular flexibility index (Phi) is 1.94. The number of imidazole rings is 1. The Morgan fingerprint density at radius 3 is 3.00 bits per heavy atom. The fourth-order valence-electron chi connectivity index (χ4n) is 1.60. The number of aromatic amines is 1. The summed E-state index contributed by atoms with van der Waals surface area (Å²) in [5.41, 5.74) is 2.34. The van der Waals surface area contributed by atoms with E-state index < -0.39 is 5.97 Å². The molecule has 0 aliphatic rings. The van der Waals surface area contributed by atoms with Crippen molar-refractivity contribution in [2.24, 2.45) is 0 Å². The first kappa shape index (κ1) is 9.59. The minimum atomic E-state index is -1.11. The Labute approximate surface area is 94.9 Å². The quantitative estimate of drug-likeness (QED) is 0.700. The van der Waals surface area contributed by atoms with Crippen molar-refractivity contribution in [3.8, 4) is 11.3 Å². The highest BCUT2D eigenvalue weighted by Crippen LogP contribution is 2.23. The van der Waals surface area contributed by atoms with Crippen LogP contribution in [0.15, 0.2) is 35.1 Å². The Hall–Kier alpha value is -2.63. The number of nitrogens with zero attached hydrogens (tertiary/aromatic N) is 2. The second-order valence-electron chi connectivity index (χ2n) is 3.52. The first-order valence-corrected chi connectivity index (χ1v) is 4.87. The molecule has 2 heterocycles. The van der Waals surface area contributed by atoms with Gasteiger partial charge in [-0.25, -0.2) is 9.78 Å². The van der Waals surface area contributed by atoms with Crippen molar-refractivity contribution in [2.45, 2.75) is 0 Å². The van der Waals surface area contributed by atoms with Gasteiger partial charge in [0.2, 0.25) is 0 Å². The number of nitrogens with one attached hydrogen (secondary N) is 1. The topological polar surface area (TPSA) is 92.0 Å². The molecule has 2 N–H and O–H groups in total. The Bertz CT molecular complexity index is 699. The molecule has 6 nitrogen and oxygen atoms in total. The monoisotopic (exact) mass is 229 g/mol. The van der Waals surface area contributed by atoms with Gasteiger partial charge in [0.25, 0.3) is 0 Å². The summed E-state index contributed by atoms with van der Waals surface area (Å²) in [5.74, 6) is -0.693. The normalized spacial score (nSPS) is 10.8. The number of carbonyl (C=O) groups is 1. The minimum Gasteiger partial charge on any atom is -0.476 e. The van der Waals surface area contributed by atoms with Crippen LogP contribution in [0, 0.1) is 0 Å². The Balaban J connectivity index is 2.09. The number of hydrogen-bond donors (Lipinski definition) is 2. The van der Waals surface area contributed by atoms with E-state index in [2.05, 4.69) is 15.1 Å². The van der Waals surface area contributed by atoms with E-state index in [1.54, 1.807) is 12.4 Å². The molecule has 0 saturated carbocycles. The second-order valence-corrected chi connectivity index (χ2v) is 3.52. The molecule has 0 saturated heterocycles. The van der Waals surface area contributed by atoms with Gasteiger partial charge in [-0.1, -0.05) is 5.16 Å². The number of aromatic nitrogens is 3. The number of hydrogen-bond acceptors (Lipinski definition) is 4. The van der Waals surface area contributed by atoms with E-state index in [1.807, 2.05) is 12.1 Å². The number of benzene rings is 1. The van der Waals surface area contributed by atoms with Gasteiger partial charge >= 0.3 is 5.97 Å². The van der Waals surface area contributed by atoms with Gasteiger partial charge in [0.15, 0.2) is 11.5 Å². The molecule has 3 rings (SSSR count). The lowest BCUT2D eigenvalue weighted by atomic mass is 10.1. The summed E-state index contributed by atoms with van der Waals surface area (Å²) in [5, 5.41) is 12.2. The fourth-order valence-corrected chi connectivity index (χ4v) is 1.60. The maximum absolute atomic E-state index is 10.7. The Morgan fingerprint density at radius 1 is 1.35 bits per heavy atom. The molecule has 0 radical (unpaired) electrons. The molecule has 0 aliphatic heterocycles. The van der Waals surface area contributed by atoms with Gasteiger partial charge < -0.3 is 14.6 Å². The largest absolute Gasteiger partial charge is 0.476 e. The van der Waals surface area contributed by atoms with Crippen LogP contribution in [0.4, 0.5) is 0 Å². The van der Waals surface area contributed by atoms with Crippen LogP contribution in [0.2, 0.25) is 0 Å². The van der Waals surface area contributed by atoms with Crippen molar-refractivity contribution < 1.29 is 14.4 Å². The molecule has 2 aromatic heterocycles. The SMILES string of the molecule is O=C(O)c1cc(-c2ccc3nc[nH]c3c2)on1. The highest BCUT2D eigenvalue weighted by atomic mass is 16.5. The summed E-state index contributed by atoms with van der Waals surface area (Å²) in [6.45, 7) is 0. The van der Waals surface area contributed by atoms with Crippen LogP contribution in [0.1, 0.15) is 10.5 Å². The van der Waals surface area contributed by atoms with Crippen LogP contribution in [0.25, 0.3) is 22.4 Å². The molecule has 1 aromatic carbocycles. The van der Waals surface area contributed by atoms with E-state index in [9.17, 15) is 4.79 Å². The first-order valence-electron chi connectivity index (χ1n) is 4.87. The van der Waals surface area contributed by atoms with Crippen LogP contribution in [0.5, 0.6) is 0 Å². The fraction of sp³-hybridized carbons (Fsp3) is 0. The third-order valence-corrected chi connectivity index (χ3v) is 2.43. The summed E-state index contributed by atoms with van der Waals surface area (Å²) >= 11 is 0. The van der Waals surface area contributed by atoms with Crippen molar-refractivity contribution in [1.82, 2.24) is 15.1 Å². The molecule has 0 atom stereocenters. The molecular formula is C11H7N3O3. The lowest BCUT2D eigenvalue weighted by Gasteiger charge is -1.94. The number of aromatic carboxylic acids is 1. The molecule has 0 bridgehead atoms. The molecule has 0 aliphatic carbocycles. The van der Waals surface area contributed by atoms with Gasteiger partial charge in [0.1, 0.15) is 0 Å². The maximum Gasteiger partial charge on any atom is 0.358 e. The first-order chi connectivity index (χ1) is 8.24. The van der Waals surface area contributed by atoms with Crippen LogP contribution in [0.3, 0.4) is 0 Å². The lowest BCUT2D eigenvalue weighted by molar-refractivity contribution is 0.0686. The number of H-pyrrole nitrogens is 1.